The minimum atomic E-state index is -1.53. The maximum absolute atomic E-state index is 12.5. The zero-order chi connectivity index (χ0) is 32.4. The molecule has 0 atom stereocenters. The fourth-order valence-corrected chi connectivity index (χ4v) is 7.85. The third kappa shape index (κ3) is 13.9. The molecule has 236 valence electrons. The molecule has 5 aromatic rings. The van der Waals surface area contributed by atoms with E-state index in [-0.39, 0.29) is 41.7 Å². The average Bonchev–Trinajstić information content (AvgIpc) is 3.08. The molecule has 0 amide bonds. The Morgan fingerprint density at radius 1 is 0.696 bits per heavy atom. The number of halogens is 5. The monoisotopic (exact) mass is 822 g/mol. The third-order valence-electron chi connectivity index (χ3n) is 6.43. The Balaban J connectivity index is 0.000000663. The molecule has 0 aromatic heterocycles. The molecule has 8 heteroatoms. The molecule has 0 fully saturated rings. The van der Waals surface area contributed by atoms with E-state index in [0.717, 1.165) is 16.5 Å². The molecule has 0 bridgehead atoms. The molecule has 1 nitrogen and oxygen atoms in total. The first kappa shape index (κ1) is 43.8. The van der Waals surface area contributed by atoms with Gasteiger partial charge in [-0.2, -0.15) is 6.42 Å². The van der Waals surface area contributed by atoms with Crippen molar-refractivity contribution in [3.63, 3.8) is 0 Å². The Kier molecular flexibility index (Phi) is 22.9. The van der Waals surface area contributed by atoms with Crippen molar-refractivity contribution in [1.29, 1.82) is 0 Å². The van der Waals surface area contributed by atoms with Gasteiger partial charge >= 0.3 is 18.9 Å². The van der Waals surface area contributed by atoms with Crippen LogP contribution in [-0.4, -0.2) is 13.0 Å². The van der Waals surface area contributed by atoms with Crippen LogP contribution in [0, 0.1) is 18.6 Å². The van der Waals surface area contributed by atoms with E-state index in [4.69, 9.17) is 0 Å². The number of benzene rings is 5. The molecule has 0 heterocycles. The van der Waals surface area contributed by atoms with Gasteiger partial charge in [0.2, 0.25) is 0 Å². The van der Waals surface area contributed by atoms with Crippen molar-refractivity contribution < 1.29 is 49.4 Å². The van der Waals surface area contributed by atoms with Crippen LogP contribution in [0.4, 0.5) is 8.78 Å². The van der Waals surface area contributed by atoms with Crippen LogP contribution in [0.15, 0.2) is 143 Å². The SMILES string of the molecule is C=Cc1cc(F)ccc1Br.C[P+](c1ccccc1)(c1ccccc1)c1ccccc1.O=Cc1cc(F)ccc1Br.[Br-].[CH2-]CCC.[Li+]. The van der Waals surface area contributed by atoms with Gasteiger partial charge in [0.15, 0.2) is 6.29 Å². The first-order valence-electron chi connectivity index (χ1n) is 14.0. The fourth-order valence-electron chi connectivity index (χ4n) is 3.90. The Hall–Kier alpha value is -2.16. The summed E-state index contributed by atoms with van der Waals surface area (Å²) >= 11 is 6.35. The van der Waals surface area contributed by atoms with E-state index in [1.807, 2.05) is 0 Å². The van der Waals surface area contributed by atoms with Gasteiger partial charge in [0.25, 0.3) is 0 Å². The topological polar surface area (TPSA) is 17.1 Å². The maximum Gasteiger partial charge on any atom is 1.00 e. The summed E-state index contributed by atoms with van der Waals surface area (Å²) in [5, 5.41) is 4.28. The molecule has 0 saturated heterocycles. The van der Waals surface area contributed by atoms with E-state index in [2.05, 4.69) is 150 Å². The Labute approximate surface area is 313 Å². The van der Waals surface area contributed by atoms with Crippen molar-refractivity contribution in [3.8, 4) is 0 Å². The number of hydrogen-bond donors (Lipinski definition) is 0. The minimum Gasteiger partial charge on any atom is -1.00 e. The second-order valence-electron chi connectivity index (χ2n) is 9.52. The number of carbonyl (C=O) groups excluding carboxylic acids is 1. The van der Waals surface area contributed by atoms with Gasteiger partial charge in [0, 0.05) is 14.5 Å². The number of carbonyl (C=O) groups is 1. The molecule has 5 rings (SSSR count). The molecule has 0 N–H and O–H groups in total. The maximum atomic E-state index is 12.5. The van der Waals surface area contributed by atoms with Gasteiger partial charge in [0.1, 0.15) is 34.8 Å². The quantitative estimate of drug-likeness (QED) is 0.104. The van der Waals surface area contributed by atoms with Crippen LogP contribution in [-0.2, 0) is 0 Å². The summed E-state index contributed by atoms with van der Waals surface area (Å²) in [7, 11) is -1.53. The smallest absolute Gasteiger partial charge is 1.00 e. The van der Waals surface area contributed by atoms with Crippen LogP contribution < -0.4 is 51.8 Å². The molecular weight excluding hydrogens is 788 g/mol. The van der Waals surface area contributed by atoms with Crippen LogP contribution in [0.5, 0.6) is 0 Å². The van der Waals surface area contributed by atoms with Gasteiger partial charge in [-0.05, 0) is 78.4 Å². The van der Waals surface area contributed by atoms with Crippen LogP contribution in [0.1, 0.15) is 35.7 Å². The number of aldehydes is 1. The van der Waals surface area contributed by atoms with Crippen molar-refractivity contribution in [3.05, 3.63) is 173 Å². The van der Waals surface area contributed by atoms with E-state index < -0.39 is 13.1 Å². The zero-order valence-electron chi connectivity index (χ0n) is 26.4. The van der Waals surface area contributed by atoms with E-state index in [9.17, 15) is 13.6 Å². The van der Waals surface area contributed by atoms with Crippen molar-refractivity contribution in [2.45, 2.75) is 19.8 Å². The van der Waals surface area contributed by atoms with Crippen molar-refractivity contribution in [2.24, 2.45) is 0 Å². The largest absolute Gasteiger partial charge is 1.00 e. The van der Waals surface area contributed by atoms with Crippen LogP contribution in [0.2, 0.25) is 0 Å². The Morgan fingerprint density at radius 2 is 1.02 bits per heavy atom. The van der Waals surface area contributed by atoms with Crippen molar-refractivity contribution in [2.75, 3.05) is 6.66 Å². The predicted molar refractivity (Wildman–Crippen MR) is 195 cm³/mol. The zero-order valence-corrected chi connectivity index (χ0v) is 32.0. The normalized spacial score (nSPS) is 9.63. The fraction of sp³-hybridized carbons (Fsp3) is 0.105. The van der Waals surface area contributed by atoms with E-state index in [1.54, 1.807) is 12.1 Å². The van der Waals surface area contributed by atoms with Crippen LogP contribution >= 0.6 is 39.1 Å². The molecule has 0 unspecified atom stereocenters. The third-order valence-corrected chi connectivity index (χ3v) is 11.9. The summed E-state index contributed by atoms with van der Waals surface area (Å²) in [6.07, 6.45) is 4.49. The first-order valence-corrected chi connectivity index (χ1v) is 17.8. The standard InChI is InChI=1S/C19H18P.C8H6BrF.C7H4BrFO.C4H9.BrH.Li/c1-20(17-11-5-2-6-12-17,18-13-7-3-8-14-18)19-15-9-4-10-16-19;1-2-6-5-7(10)3-4-8(6)9;8-7-2-1-6(9)3-5(7)4-10;1-3-4-2;;/h2-16H,1H3;2-5H,1H2;1-4H;1,3-4H2,2H3;1H;/q+1;;;-1;;+1/p-1. The van der Waals surface area contributed by atoms with Crippen molar-refractivity contribution in [1.82, 2.24) is 0 Å². The molecule has 0 aliphatic rings. The molecule has 0 aliphatic heterocycles. The summed E-state index contributed by atoms with van der Waals surface area (Å²) in [5.41, 5.74) is 1.11. The van der Waals surface area contributed by atoms with Gasteiger partial charge in [-0.3, -0.25) is 4.79 Å². The van der Waals surface area contributed by atoms with E-state index in [1.165, 1.54) is 52.7 Å². The van der Waals surface area contributed by atoms with E-state index in [0.29, 0.717) is 16.3 Å². The molecule has 0 saturated carbocycles. The predicted octanol–water partition coefficient (Wildman–Crippen LogP) is 4.87. The number of rotatable bonds is 6. The second kappa shape index (κ2) is 24.0. The molecule has 0 aliphatic carbocycles. The second-order valence-corrected chi connectivity index (χ2v) is 14.8. The van der Waals surface area contributed by atoms with Crippen LogP contribution in [0.25, 0.3) is 6.08 Å². The summed E-state index contributed by atoms with van der Waals surface area (Å²) in [6.45, 7) is 11.7. The van der Waals surface area contributed by atoms with E-state index >= 15 is 0 Å². The Morgan fingerprint density at radius 3 is 1.28 bits per heavy atom. The Bertz CT molecular complexity index is 1420. The summed E-state index contributed by atoms with van der Waals surface area (Å²) in [6, 6.07) is 41.1. The summed E-state index contributed by atoms with van der Waals surface area (Å²) in [5.74, 6) is -0.636. The number of unbranched alkanes of at least 4 members (excludes halogenated alkanes) is 1. The number of hydrogen-bond acceptors (Lipinski definition) is 1. The molecular formula is C38H37Br3F2LiOP. The minimum absolute atomic E-state index is 0. The molecule has 5 aromatic carbocycles. The van der Waals surface area contributed by atoms with Crippen LogP contribution in [0.3, 0.4) is 0 Å². The summed E-state index contributed by atoms with van der Waals surface area (Å²) < 4.78 is 26.3. The molecule has 0 radical (unpaired) electrons. The molecule has 46 heavy (non-hydrogen) atoms. The van der Waals surface area contributed by atoms with Gasteiger partial charge in [0.05, 0.1) is 6.66 Å². The average molecular weight is 825 g/mol. The summed E-state index contributed by atoms with van der Waals surface area (Å²) in [4.78, 5) is 10.2. The van der Waals surface area contributed by atoms with Gasteiger partial charge in [-0.1, -0.05) is 112 Å². The van der Waals surface area contributed by atoms with Gasteiger partial charge in [-0.15, -0.1) is 0 Å². The van der Waals surface area contributed by atoms with Crippen molar-refractivity contribution >= 4 is 67.4 Å². The van der Waals surface area contributed by atoms with Gasteiger partial charge < -0.3 is 23.9 Å². The first-order chi connectivity index (χ1) is 21.2. The van der Waals surface area contributed by atoms with Gasteiger partial charge in [-0.25, -0.2) is 8.78 Å². The molecule has 0 spiro atoms.